The first-order chi connectivity index (χ1) is 10.2. The van der Waals surface area contributed by atoms with Crippen LogP contribution in [0, 0.1) is 0 Å². The average molecular weight is 305 g/mol. The number of carboxylic acid groups (broad SMARTS) is 1. The summed E-state index contributed by atoms with van der Waals surface area (Å²) in [4.78, 5) is 11.4. The first-order valence-corrected chi connectivity index (χ1v) is 7.21. The van der Waals surface area contributed by atoms with Crippen molar-refractivity contribution in [3.8, 4) is 5.75 Å². The number of rotatable bonds is 7. The predicted octanol–water partition coefficient (Wildman–Crippen LogP) is 4.37. The monoisotopic (exact) mass is 304 g/mol. The standard InChI is InChI=1S/C17H17ClO3/c18-14-8-4-9-15(12-14)21-11-5-10-16(17(19)20)13-6-2-1-3-7-13/h1-4,6-9,12,16H,5,10-11H2,(H,19,20). The number of ether oxygens (including phenoxy) is 1. The molecule has 0 aromatic heterocycles. The van der Waals surface area contributed by atoms with Gasteiger partial charge in [-0.3, -0.25) is 4.79 Å². The Kier molecular flexibility index (Phi) is 5.64. The van der Waals surface area contributed by atoms with Crippen molar-refractivity contribution in [2.24, 2.45) is 0 Å². The topological polar surface area (TPSA) is 46.5 Å². The van der Waals surface area contributed by atoms with Crippen molar-refractivity contribution in [1.29, 1.82) is 0 Å². The van der Waals surface area contributed by atoms with Crippen LogP contribution in [0.3, 0.4) is 0 Å². The molecule has 0 saturated heterocycles. The van der Waals surface area contributed by atoms with Crippen LogP contribution in [0.15, 0.2) is 54.6 Å². The molecule has 21 heavy (non-hydrogen) atoms. The fourth-order valence-electron chi connectivity index (χ4n) is 2.15. The van der Waals surface area contributed by atoms with Crippen LogP contribution in [-0.4, -0.2) is 17.7 Å². The summed E-state index contributed by atoms with van der Waals surface area (Å²) in [6, 6.07) is 16.5. The third kappa shape index (κ3) is 4.80. The van der Waals surface area contributed by atoms with Crippen molar-refractivity contribution in [3.05, 3.63) is 65.2 Å². The van der Waals surface area contributed by atoms with Gasteiger partial charge in [-0.25, -0.2) is 0 Å². The molecule has 2 aromatic rings. The van der Waals surface area contributed by atoms with Gasteiger partial charge in [0.05, 0.1) is 12.5 Å². The first-order valence-electron chi connectivity index (χ1n) is 6.83. The van der Waals surface area contributed by atoms with Gasteiger partial charge in [-0.2, -0.15) is 0 Å². The minimum absolute atomic E-state index is 0.469. The van der Waals surface area contributed by atoms with Gasteiger partial charge in [-0.05, 0) is 36.6 Å². The van der Waals surface area contributed by atoms with Crippen LogP contribution < -0.4 is 4.74 Å². The van der Waals surface area contributed by atoms with Crippen molar-refractivity contribution in [3.63, 3.8) is 0 Å². The molecule has 0 saturated carbocycles. The number of carbonyl (C=O) groups is 1. The lowest BCUT2D eigenvalue weighted by Gasteiger charge is -2.13. The second-order valence-corrected chi connectivity index (χ2v) is 5.19. The van der Waals surface area contributed by atoms with Gasteiger partial charge in [0.1, 0.15) is 5.75 Å². The SMILES string of the molecule is O=C(O)C(CCCOc1cccc(Cl)c1)c1ccccc1. The van der Waals surface area contributed by atoms with Crippen molar-refractivity contribution >= 4 is 17.6 Å². The van der Waals surface area contributed by atoms with E-state index >= 15 is 0 Å². The largest absolute Gasteiger partial charge is 0.494 e. The lowest BCUT2D eigenvalue weighted by molar-refractivity contribution is -0.139. The van der Waals surface area contributed by atoms with Crippen LogP contribution in [0.1, 0.15) is 24.3 Å². The number of halogens is 1. The molecular weight excluding hydrogens is 288 g/mol. The smallest absolute Gasteiger partial charge is 0.310 e. The maximum Gasteiger partial charge on any atom is 0.310 e. The van der Waals surface area contributed by atoms with Gasteiger partial charge in [0.15, 0.2) is 0 Å². The Labute approximate surface area is 129 Å². The summed E-state index contributed by atoms with van der Waals surface area (Å²) in [7, 11) is 0. The van der Waals surface area contributed by atoms with Crippen LogP contribution >= 0.6 is 11.6 Å². The lowest BCUT2D eigenvalue weighted by atomic mass is 9.95. The summed E-state index contributed by atoms with van der Waals surface area (Å²) in [6.45, 7) is 0.469. The Morgan fingerprint density at radius 2 is 1.90 bits per heavy atom. The number of hydrogen-bond acceptors (Lipinski definition) is 2. The van der Waals surface area contributed by atoms with Crippen LogP contribution in [0.5, 0.6) is 5.75 Å². The van der Waals surface area contributed by atoms with E-state index < -0.39 is 11.9 Å². The predicted molar refractivity (Wildman–Crippen MR) is 83.0 cm³/mol. The van der Waals surface area contributed by atoms with Gasteiger partial charge in [-0.1, -0.05) is 48.0 Å². The van der Waals surface area contributed by atoms with Gasteiger partial charge in [0, 0.05) is 5.02 Å². The van der Waals surface area contributed by atoms with E-state index in [1.54, 1.807) is 12.1 Å². The van der Waals surface area contributed by atoms with E-state index in [4.69, 9.17) is 16.3 Å². The molecule has 0 fully saturated rings. The molecule has 1 atom stereocenters. The maximum absolute atomic E-state index is 11.4. The average Bonchev–Trinajstić information content (AvgIpc) is 2.48. The zero-order valence-electron chi connectivity index (χ0n) is 11.5. The lowest BCUT2D eigenvalue weighted by Crippen LogP contribution is -2.13. The molecule has 2 aromatic carbocycles. The minimum atomic E-state index is -0.802. The molecule has 110 valence electrons. The highest BCUT2D eigenvalue weighted by atomic mass is 35.5. The summed E-state index contributed by atoms with van der Waals surface area (Å²) in [5, 5.41) is 9.95. The molecule has 0 aliphatic carbocycles. The Morgan fingerprint density at radius 1 is 1.14 bits per heavy atom. The van der Waals surface area contributed by atoms with E-state index in [1.807, 2.05) is 42.5 Å². The van der Waals surface area contributed by atoms with Gasteiger partial charge in [0.25, 0.3) is 0 Å². The van der Waals surface area contributed by atoms with E-state index in [2.05, 4.69) is 0 Å². The maximum atomic E-state index is 11.4. The van der Waals surface area contributed by atoms with Crippen molar-refractivity contribution in [2.45, 2.75) is 18.8 Å². The minimum Gasteiger partial charge on any atom is -0.494 e. The summed E-state index contributed by atoms with van der Waals surface area (Å²) < 4.78 is 5.58. The van der Waals surface area contributed by atoms with E-state index in [-0.39, 0.29) is 0 Å². The number of hydrogen-bond donors (Lipinski definition) is 1. The molecule has 0 spiro atoms. The highest BCUT2D eigenvalue weighted by Crippen LogP contribution is 2.22. The fraction of sp³-hybridized carbons (Fsp3) is 0.235. The van der Waals surface area contributed by atoms with Gasteiger partial charge in [0.2, 0.25) is 0 Å². The molecule has 3 nitrogen and oxygen atoms in total. The molecule has 1 N–H and O–H groups in total. The van der Waals surface area contributed by atoms with Crippen LogP contribution in [0.4, 0.5) is 0 Å². The number of benzene rings is 2. The summed E-state index contributed by atoms with van der Waals surface area (Å²) in [5.74, 6) is -0.591. The summed E-state index contributed by atoms with van der Waals surface area (Å²) in [5.41, 5.74) is 0.827. The van der Waals surface area contributed by atoms with E-state index in [9.17, 15) is 9.90 Å². The Bertz CT molecular complexity index is 584. The molecule has 1 unspecified atom stereocenters. The molecule has 0 aliphatic rings. The molecular formula is C17H17ClO3. The molecule has 0 heterocycles. The molecule has 0 amide bonds. The Morgan fingerprint density at radius 3 is 2.57 bits per heavy atom. The van der Waals surface area contributed by atoms with Crippen LogP contribution in [-0.2, 0) is 4.79 Å². The van der Waals surface area contributed by atoms with E-state index in [0.29, 0.717) is 30.2 Å². The molecule has 0 bridgehead atoms. The Hall–Kier alpha value is -2.00. The molecule has 0 aliphatic heterocycles. The molecule has 4 heteroatoms. The second-order valence-electron chi connectivity index (χ2n) is 4.75. The van der Waals surface area contributed by atoms with Gasteiger partial charge < -0.3 is 9.84 Å². The van der Waals surface area contributed by atoms with E-state index in [0.717, 1.165) is 5.56 Å². The summed E-state index contributed by atoms with van der Waals surface area (Å²) >= 11 is 5.87. The zero-order chi connectivity index (χ0) is 15.1. The fourth-order valence-corrected chi connectivity index (χ4v) is 2.33. The van der Waals surface area contributed by atoms with E-state index in [1.165, 1.54) is 0 Å². The third-order valence-electron chi connectivity index (χ3n) is 3.20. The normalized spacial score (nSPS) is 11.9. The molecule has 0 radical (unpaired) electrons. The Balaban J connectivity index is 1.85. The van der Waals surface area contributed by atoms with Crippen molar-refractivity contribution in [1.82, 2.24) is 0 Å². The first kappa shape index (κ1) is 15.4. The third-order valence-corrected chi connectivity index (χ3v) is 3.44. The van der Waals surface area contributed by atoms with Crippen molar-refractivity contribution < 1.29 is 14.6 Å². The molecule has 2 rings (SSSR count). The summed E-state index contributed by atoms with van der Waals surface area (Å²) in [6.07, 6.45) is 1.21. The van der Waals surface area contributed by atoms with Gasteiger partial charge >= 0.3 is 5.97 Å². The van der Waals surface area contributed by atoms with Gasteiger partial charge in [-0.15, -0.1) is 0 Å². The quantitative estimate of drug-likeness (QED) is 0.773. The number of aliphatic carboxylic acids is 1. The zero-order valence-corrected chi connectivity index (χ0v) is 12.3. The highest BCUT2D eigenvalue weighted by molar-refractivity contribution is 6.30. The number of carboxylic acids is 1. The second kappa shape index (κ2) is 7.70. The highest BCUT2D eigenvalue weighted by Gasteiger charge is 2.18. The van der Waals surface area contributed by atoms with Crippen LogP contribution in [0.25, 0.3) is 0 Å². The van der Waals surface area contributed by atoms with Crippen LogP contribution in [0.2, 0.25) is 5.02 Å². The van der Waals surface area contributed by atoms with Crippen molar-refractivity contribution in [2.75, 3.05) is 6.61 Å².